The van der Waals surface area contributed by atoms with Crippen LogP contribution in [0.4, 0.5) is 0 Å². The lowest BCUT2D eigenvalue weighted by atomic mass is 9.89. The van der Waals surface area contributed by atoms with E-state index in [1.165, 1.54) is 16.7 Å². The smallest absolute Gasteiger partial charge is 0.190 e. The van der Waals surface area contributed by atoms with Crippen molar-refractivity contribution in [1.82, 2.24) is 15.3 Å². The lowest BCUT2D eigenvalue weighted by molar-refractivity contribution is 0.364. The number of benzene rings is 4. The zero-order valence-electron chi connectivity index (χ0n) is 23.1. The number of hydrogen-bond donors (Lipinski definition) is 1. The molecule has 6 rings (SSSR count). The molecule has 1 atom stereocenters. The molecule has 41 heavy (non-hydrogen) atoms. The summed E-state index contributed by atoms with van der Waals surface area (Å²) in [6.45, 7) is 4.93. The molecule has 1 aliphatic heterocycles. The largest absolute Gasteiger partial charge is 0.361 e. The molecule has 1 aliphatic rings. The molecule has 4 nitrogen and oxygen atoms in total. The molecular formula is C35H31ClN4S. The average Bonchev–Trinajstić information content (AvgIpc) is 3.43. The molecule has 1 aromatic heterocycles. The SMILES string of the molecule is Cc1cccc([C@H]2CC(c3c(C)nc4ccccc4c3-c3ccc(Cl)cc3)=NN2C(=S)NCCc2ccccc2)c1. The Balaban J connectivity index is 1.42. The summed E-state index contributed by atoms with van der Waals surface area (Å²) in [4.78, 5) is 5.01. The number of para-hydroxylation sites is 1. The van der Waals surface area contributed by atoms with E-state index in [0.29, 0.717) is 16.6 Å². The van der Waals surface area contributed by atoms with E-state index in [9.17, 15) is 0 Å². The van der Waals surface area contributed by atoms with E-state index in [2.05, 4.69) is 98.0 Å². The Kier molecular flexibility index (Phi) is 7.82. The fourth-order valence-corrected chi connectivity index (χ4v) is 6.03. The predicted octanol–water partition coefficient (Wildman–Crippen LogP) is 8.44. The summed E-state index contributed by atoms with van der Waals surface area (Å²) in [7, 11) is 0. The molecule has 6 heteroatoms. The number of aromatic nitrogens is 1. The zero-order valence-corrected chi connectivity index (χ0v) is 24.7. The minimum Gasteiger partial charge on any atom is -0.361 e. The molecule has 0 spiro atoms. The summed E-state index contributed by atoms with van der Waals surface area (Å²) in [5, 5.41) is 13.1. The summed E-state index contributed by atoms with van der Waals surface area (Å²) in [5.41, 5.74) is 9.82. The molecule has 0 amide bonds. The van der Waals surface area contributed by atoms with E-state index in [4.69, 9.17) is 33.9 Å². The molecule has 0 bridgehead atoms. The summed E-state index contributed by atoms with van der Waals surface area (Å²) in [6, 6.07) is 35.4. The van der Waals surface area contributed by atoms with Gasteiger partial charge in [-0.1, -0.05) is 102 Å². The van der Waals surface area contributed by atoms with Gasteiger partial charge in [-0.15, -0.1) is 0 Å². The van der Waals surface area contributed by atoms with Crippen molar-refractivity contribution < 1.29 is 0 Å². The van der Waals surface area contributed by atoms with E-state index in [1.54, 1.807) is 0 Å². The van der Waals surface area contributed by atoms with Crippen LogP contribution in [0.1, 0.15) is 40.4 Å². The first-order valence-corrected chi connectivity index (χ1v) is 14.7. The summed E-state index contributed by atoms with van der Waals surface area (Å²) in [5.74, 6) is 0. The highest BCUT2D eigenvalue weighted by Gasteiger charge is 2.33. The molecular weight excluding hydrogens is 544 g/mol. The molecule has 4 aromatic carbocycles. The number of fused-ring (bicyclic) bond motifs is 1. The minimum absolute atomic E-state index is 0.0226. The van der Waals surface area contributed by atoms with E-state index in [-0.39, 0.29) is 6.04 Å². The van der Waals surface area contributed by atoms with Crippen molar-refractivity contribution in [2.75, 3.05) is 6.54 Å². The topological polar surface area (TPSA) is 40.5 Å². The molecule has 1 N–H and O–H groups in total. The Hall–Kier alpha value is -4.06. The van der Waals surface area contributed by atoms with Crippen molar-refractivity contribution in [3.63, 3.8) is 0 Å². The Morgan fingerprint density at radius 2 is 1.66 bits per heavy atom. The van der Waals surface area contributed by atoms with Crippen LogP contribution in [0.3, 0.4) is 0 Å². The maximum absolute atomic E-state index is 6.29. The minimum atomic E-state index is -0.0226. The lowest BCUT2D eigenvalue weighted by Crippen LogP contribution is -2.37. The van der Waals surface area contributed by atoms with Gasteiger partial charge in [-0.3, -0.25) is 4.98 Å². The van der Waals surface area contributed by atoms with Crippen LogP contribution in [-0.2, 0) is 6.42 Å². The van der Waals surface area contributed by atoms with Gasteiger partial charge in [-0.25, -0.2) is 5.01 Å². The van der Waals surface area contributed by atoms with Gasteiger partial charge in [-0.2, -0.15) is 5.10 Å². The zero-order chi connectivity index (χ0) is 28.3. The fourth-order valence-electron chi connectivity index (χ4n) is 5.63. The normalized spacial score (nSPS) is 14.8. The van der Waals surface area contributed by atoms with Crippen molar-refractivity contribution in [2.24, 2.45) is 5.10 Å². The van der Waals surface area contributed by atoms with E-state index < -0.39 is 0 Å². The first-order chi connectivity index (χ1) is 20.0. The predicted molar refractivity (Wildman–Crippen MR) is 175 cm³/mol. The quantitative estimate of drug-likeness (QED) is 0.207. The van der Waals surface area contributed by atoms with Gasteiger partial charge >= 0.3 is 0 Å². The standard InChI is InChI=1S/C35H31ClN4S/c1-23-9-8-12-27(21-23)32-22-31(39-40(32)35(41)37-20-19-25-10-4-3-5-11-25)33-24(2)38-30-14-7-6-13-29(30)34(33)26-15-17-28(36)18-16-26/h3-18,21,32H,19-20,22H2,1-2H3,(H,37,41)/t32-/m1/s1. The highest BCUT2D eigenvalue weighted by atomic mass is 35.5. The molecule has 0 saturated heterocycles. The highest BCUT2D eigenvalue weighted by Crippen LogP contribution is 2.39. The van der Waals surface area contributed by atoms with Crippen LogP contribution >= 0.6 is 23.8 Å². The molecule has 5 aromatic rings. The maximum Gasteiger partial charge on any atom is 0.190 e. The van der Waals surface area contributed by atoms with Gasteiger partial charge < -0.3 is 5.32 Å². The Morgan fingerprint density at radius 1 is 0.902 bits per heavy atom. The van der Waals surface area contributed by atoms with Gasteiger partial charge in [0.2, 0.25) is 0 Å². The van der Waals surface area contributed by atoms with E-state index >= 15 is 0 Å². The number of nitrogens with one attached hydrogen (secondary N) is 1. The van der Waals surface area contributed by atoms with Gasteiger partial charge in [0, 0.05) is 40.2 Å². The number of pyridine rings is 1. The van der Waals surface area contributed by atoms with Crippen LogP contribution in [0.25, 0.3) is 22.0 Å². The van der Waals surface area contributed by atoms with Crippen molar-refractivity contribution in [2.45, 2.75) is 32.7 Å². The Bertz CT molecular complexity index is 1750. The van der Waals surface area contributed by atoms with Crippen LogP contribution < -0.4 is 5.32 Å². The third-order valence-electron chi connectivity index (χ3n) is 7.57. The monoisotopic (exact) mass is 574 g/mol. The van der Waals surface area contributed by atoms with Crippen LogP contribution in [0.2, 0.25) is 5.02 Å². The van der Waals surface area contributed by atoms with Crippen molar-refractivity contribution in [3.8, 4) is 11.1 Å². The van der Waals surface area contributed by atoms with E-state index in [1.807, 2.05) is 29.3 Å². The van der Waals surface area contributed by atoms with Crippen LogP contribution in [0, 0.1) is 13.8 Å². The number of thiocarbonyl (C=S) groups is 1. The van der Waals surface area contributed by atoms with Gasteiger partial charge in [0.25, 0.3) is 0 Å². The Labute approximate surface area is 251 Å². The lowest BCUT2D eigenvalue weighted by Gasteiger charge is -2.25. The molecule has 0 aliphatic carbocycles. The van der Waals surface area contributed by atoms with Gasteiger partial charge in [-0.05, 0) is 67.4 Å². The molecule has 2 heterocycles. The number of hydrogen-bond acceptors (Lipinski definition) is 3. The molecule has 0 fully saturated rings. The van der Waals surface area contributed by atoms with Crippen molar-refractivity contribution >= 4 is 45.5 Å². The molecule has 0 unspecified atom stereocenters. The van der Waals surface area contributed by atoms with E-state index in [0.717, 1.165) is 52.0 Å². The molecule has 204 valence electrons. The number of rotatable bonds is 6. The van der Waals surface area contributed by atoms with Crippen LogP contribution in [0.5, 0.6) is 0 Å². The van der Waals surface area contributed by atoms with Gasteiger partial charge in [0.05, 0.1) is 17.3 Å². The summed E-state index contributed by atoms with van der Waals surface area (Å²) in [6.07, 6.45) is 1.60. The number of aryl methyl sites for hydroxylation is 2. The summed E-state index contributed by atoms with van der Waals surface area (Å²) < 4.78 is 0. The van der Waals surface area contributed by atoms with Crippen LogP contribution in [-0.4, -0.2) is 27.4 Å². The Morgan fingerprint density at radius 3 is 2.44 bits per heavy atom. The fraction of sp³-hybridized carbons (Fsp3) is 0.171. The van der Waals surface area contributed by atoms with Crippen molar-refractivity contribution in [3.05, 3.63) is 136 Å². The third-order valence-corrected chi connectivity index (χ3v) is 8.16. The molecule has 0 saturated carbocycles. The second-order valence-corrected chi connectivity index (χ2v) is 11.3. The average molecular weight is 575 g/mol. The first kappa shape index (κ1) is 27.1. The second kappa shape index (κ2) is 11.8. The van der Waals surface area contributed by atoms with Gasteiger partial charge in [0.15, 0.2) is 5.11 Å². The first-order valence-electron chi connectivity index (χ1n) is 13.9. The highest BCUT2D eigenvalue weighted by molar-refractivity contribution is 7.80. The third kappa shape index (κ3) is 5.74. The van der Waals surface area contributed by atoms with Crippen LogP contribution in [0.15, 0.2) is 108 Å². The number of halogens is 1. The van der Waals surface area contributed by atoms with Gasteiger partial charge in [0.1, 0.15) is 0 Å². The number of nitrogens with zero attached hydrogens (tertiary/aromatic N) is 3. The summed E-state index contributed by atoms with van der Waals surface area (Å²) >= 11 is 12.3. The van der Waals surface area contributed by atoms with Crippen molar-refractivity contribution in [1.29, 1.82) is 0 Å². The molecule has 0 radical (unpaired) electrons. The second-order valence-electron chi connectivity index (χ2n) is 10.5. The number of hydrazone groups is 1. The maximum atomic E-state index is 6.29.